The lowest BCUT2D eigenvalue weighted by molar-refractivity contribution is -0.153. The van der Waals surface area contributed by atoms with E-state index in [-0.39, 0.29) is 55.3 Å². The van der Waals surface area contributed by atoms with Gasteiger partial charge in [-0.2, -0.15) is 4.39 Å². The first-order valence-electron chi connectivity index (χ1n) is 12.3. The minimum absolute atomic E-state index is 0.104. The Hall–Kier alpha value is -4.33. The highest BCUT2D eigenvalue weighted by Gasteiger charge is 2.41. The van der Waals surface area contributed by atoms with Crippen molar-refractivity contribution in [2.24, 2.45) is 0 Å². The van der Waals surface area contributed by atoms with Crippen molar-refractivity contribution in [1.29, 1.82) is 0 Å². The van der Waals surface area contributed by atoms with Crippen LogP contribution < -0.4 is 9.97 Å². The van der Waals surface area contributed by atoms with E-state index >= 15 is 0 Å². The molecule has 12 nitrogen and oxygen atoms in total. The third-order valence-corrected chi connectivity index (χ3v) is 6.74. The van der Waals surface area contributed by atoms with Crippen molar-refractivity contribution >= 4 is 36.5 Å². The van der Waals surface area contributed by atoms with Gasteiger partial charge in [0, 0.05) is 31.9 Å². The van der Waals surface area contributed by atoms with Crippen LogP contribution in [0.4, 0.5) is 9.18 Å². The zero-order chi connectivity index (χ0) is 28.4. The van der Waals surface area contributed by atoms with Gasteiger partial charge < -0.3 is 25.0 Å². The number of aromatic nitrogens is 1. The van der Waals surface area contributed by atoms with E-state index in [9.17, 15) is 38.5 Å². The maximum Gasteiger partial charge on any atom is 0.526 e. The number of carbonyl (C=O) groups excluding carboxylic acids is 5. The van der Waals surface area contributed by atoms with Gasteiger partial charge in [0.15, 0.2) is 17.3 Å². The number of carbonyl (C=O) groups is 5. The van der Waals surface area contributed by atoms with E-state index in [2.05, 4.69) is 10.3 Å². The Morgan fingerprint density at radius 3 is 2.62 bits per heavy atom. The number of benzene rings is 1. The van der Waals surface area contributed by atoms with E-state index in [0.29, 0.717) is 10.5 Å². The molecule has 39 heavy (non-hydrogen) atoms. The molecule has 3 heterocycles. The number of ketones is 2. The van der Waals surface area contributed by atoms with Crippen molar-refractivity contribution in [2.45, 2.75) is 38.5 Å². The van der Waals surface area contributed by atoms with Gasteiger partial charge >= 0.3 is 25.0 Å². The fourth-order valence-corrected chi connectivity index (χ4v) is 4.60. The van der Waals surface area contributed by atoms with Gasteiger partial charge in [0.25, 0.3) is 5.95 Å². The number of hydrogen-bond donors (Lipinski definition) is 3. The predicted molar refractivity (Wildman–Crippen MR) is 133 cm³/mol. The standard InChI is InChI=1S/C25H26BFN4O8/c1-3-30-9-10-31(24(36)23(30)35)25(37)29-20(17-7-8-18(33)22(27)28-17)19(34)12-15-11-14-5-4-6-16(13(2)32)21(14)39-26(15)38/h4-8,15,20,33,38H,3,9-12H2,1-2H3,(H,29,37)/t15-,20?/m1/s1. The number of urea groups is 1. The summed E-state index contributed by atoms with van der Waals surface area (Å²) in [4.78, 5) is 68.6. The second-order valence-electron chi connectivity index (χ2n) is 9.26. The highest BCUT2D eigenvalue weighted by molar-refractivity contribution is 6.47. The zero-order valence-electron chi connectivity index (χ0n) is 21.2. The van der Waals surface area contributed by atoms with Crippen LogP contribution in [0, 0.1) is 5.95 Å². The zero-order valence-corrected chi connectivity index (χ0v) is 21.2. The molecule has 0 bridgehead atoms. The Bertz CT molecular complexity index is 1360. The first-order chi connectivity index (χ1) is 18.5. The molecule has 2 aromatic rings. The number of aromatic hydroxyl groups is 1. The smallest absolute Gasteiger partial charge is 0.526 e. The highest BCUT2D eigenvalue weighted by Crippen LogP contribution is 2.37. The summed E-state index contributed by atoms with van der Waals surface area (Å²) in [5.74, 6) is -5.55. The van der Waals surface area contributed by atoms with Crippen molar-refractivity contribution in [1.82, 2.24) is 20.1 Å². The lowest BCUT2D eigenvalue weighted by Gasteiger charge is -2.33. The number of likely N-dealkylation sites (N-methyl/N-ethyl adjacent to an activating group) is 1. The number of imide groups is 1. The van der Waals surface area contributed by atoms with Gasteiger partial charge in [-0.3, -0.25) is 24.1 Å². The fraction of sp³-hybridized carbons (Fsp3) is 0.360. The topological polar surface area (TPSA) is 166 Å². The minimum Gasteiger partial charge on any atom is -0.535 e. The third-order valence-electron chi connectivity index (χ3n) is 6.74. The molecule has 0 aliphatic carbocycles. The predicted octanol–water partition coefficient (Wildman–Crippen LogP) is 1.02. The van der Waals surface area contributed by atoms with Crippen molar-refractivity contribution < 1.29 is 43.1 Å². The summed E-state index contributed by atoms with van der Waals surface area (Å²) < 4.78 is 19.7. The molecule has 1 fully saturated rings. The van der Waals surface area contributed by atoms with Crippen molar-refractivity contribution in [3.63, 3.8) is 0 Å². The van der Waals surface area contributed by atoms with Gasteiger partial charge in [-0.25, -0.2) is 9.78 Å². The number of hydrogen-bond acceptors (Lipinski definition) is 9. The van der Waals surface area contributed by atoms with Crippen LogP contribution >= 0.6 is 0 Å². The van der Waals surface area contributed by atoms with Gasteiger partial charge in [-0.1, -0.05) is 12.1 Å². The molecule has 1 saturated heterocycles. The summed E-state index contributed by atoms with van der Waals surface area (Å²) in [6.07, 6.45) is -0.204. The van der Waals surface area contributed by atoms with E-state index < -0.39 is 54.3 Å². The maximum atomic E-state index is 14.1. The van der Waals surface area contributed by atoms with Crippen molar-refractivity contribution in [2.75, 3.05) is 19.6 Å². The molecular weight excluding hydrogens is 514 g/mol. The van der Waals surface area contributed by atoms with E-state index in [1.165, 1.54) is 11.8 Å². The van der Waals surface area contributed by atoms with Gasteiger partial charge in [0.1, 0.15) is 11.8 Å². The van der Waals surface area contributed by atoms with E-state index in [1.54, 1.807) is 25.1 Å². The Morgan fingerprint density at radius 1 is 1.21 bits per heavy atom. The number of nitrogens with one attached hydrogen (secondary N) is 1. The Balaban J connectivity index is 1.57. The summed E-state index contributed by atoms with van der Waals surface area (Å²) in [7, 11) is -1.47. The quantitative estimate of drug-likeness (QED) is 0.201. The van der Waals surface area contributed by atoms with Crippen LogP contribution in [0.1, 0.15) is 47.9 Å². The number of fused-ring (bicyclic) bond motifs is 1. The maximum absolute atomic E-state index is 14.1. The molecule has 2 aliphatic heterocycles. The van der Waals surface area contributed by atoms with Crippen LogP contribution in [0.3, 0.4) is 0 Å². The van der Waals surface area contributed by atoms with Crippen LogP contribution in [0.5, 0.6) is 11.5 Å². The van der Waals surface area contributed by atoms with E-state index in [1.807, 2.05) is 0 Å². The third kappa shape index (κ3) is 5.60. The summed E-state index contributed by atoms with van der Waals surface area (Å²) >= 11 is 0. The highest BCUT2D eigenvalue weighted by atomic mass is 19.1. The molecule has 1 unspecified atom stereocenters. The van der Waals surface area contributed by atoms with Crippen LogP contribution in [-0.4, -0.2) is 81.1 Å². The number of rotatable bonds is 7. The number of halogens is 1. The molecule has 2 atom stereocenters. The van der Waals surface area contributed by atoms with Crippen LogP contribution in [0.25, 0.3) is 0 Å². The van der Waals surface area contributed by atoms with Gasteiger partial charge in [0.2, 0.25) is 0 Å². The normalized spacial score (nSPS) is 17.8. The molecule has 4 rings (SSSR count). The molecule has 4 amide bonds. The van der Waals surface area contributed by atoms with Gasteiger partial charge in [-0.15, -0.1) is 0 Å². The average molecular weight is 540 g/mol. The number of pyridine rings is 1. The average Bonchev–Trinajstić information content (AvgIpc) is 2.90. The van der Waals surface area contributed by atoms with Crippen LogP contribution in [-0.2, 0) is 20.8 Å². The molecule has 0 saturated carbocycles. The van der Waals surface area contributed by atoms with Crippen LogP contribution in [0.15, 0.2) is 30.3 Å². The van der Waals surface area contributed by atoms with E-state index in [4.69, 9.17) is 4.65 Å². The van der Waals surface area contributed by atoms with Crippen molar-refractivity contribution in [3.05, 3.63) is 53.1 Å². The number of Topliss-reactive ketones (excluding diaryl/α,β-unsaturated/α-hetero) is 2. The number of amides is 4. The summed E-state index contributed by atoms with van der Waals surface area (Å²) in [5, 5.41) is 22.5. The molecule has 1 aromatic carbocycles. The number of para-hydroxylation sites is 1. The first kappa shape index (κ1) is 27.7. The Labute approximate surface area is 222 Å². The molecule has 204 valence electrons. The molecule has 1 aromatic heterocycles. The Morgan fingerprint density at radius 2 is 1.95 bits per heavy atom. The molecule has 2 aliphatic rings. The molecule has 3 N–H and O–H groups in total. The van der Waals surface area contributed by atoms with Gasteiger partial charge in [-0.05, 0) is 44.0 Å². The number of piperazine rings is 1. The SMILES string of the molecule is CCN1CCN(C(=O)NC(C(=O)C[C@H]2Cc3cccc(C(C)=O)c3OB2O)c2ccc(O)c(F)n2)C(=O)C1=O. The molecule has 14 heteroatoms. The lowest BCUT2D eigenvalue weighted by Crippen LogP contribution is -2.58. The van der Waals surface area contributed by atoms with E-state index in [0.717, 1.165) is 12.1 Å². The van der Waals surface area contributed by atoms with Crippen molar-refractivity contribution in [3.8, 4) is 11.5 Å². The minimum atomic E-state index is -1.59. The summed E-state index contributed by atoms with van der Waals surface area (Å²) in [6.45, 7) is 3.31. The second-order valence-corrected chi connectivity index (χ2v) is 9.26. The summed E-state index contributed by atoms with van der Waals surface area (Å²) in [6, 6.07) is 4.34. The fourth-order valence-electron chi connectivity index (χ4n) is 4.60. The number of nitrogens with zero attached hydrogens (tertiary/aromatic N) is 3. The molecule has 0 radical (unpaired) electrons. The Kier molecular flexibility index (Phi) is 7.95. The monoisotopic (exact) mass is 540 g/mol. The molecule has 0 spiro atoms. The molecular formula is C25H26BFN4O8. The first-order valence-corrected chi connectivity index (χ1v) is 12.3. The lowest BCUT2D eigenvalue weighted by atomic mass is 9.64. The summed E-state index contributed by atoms with van der Waals surface area (Å²) in [5.41, 5.74) is 0.616. The largest absolute Gasteiger partial charge is 0.535 e. The van der Waals surface area contributed by atoms with Gasteiger partial charge in [0.05, 0.1) is 11.3 Å². The second kappa shape index (κ2) is 11.2. The van der Waals surface area contributed by atoms with Crippen LogP contribution in [0.2, 0.25) is 5.82 Å².